The maximum absolute atomic E-state index is 14.4. The van der Waals surface area contributed by atoms with Gasteiger partial charge >= 0.3 is 0 Å². The second-order valence-corrected chi connectivity index (χ2v) is 6.42. The first-order valence-electron chi connectivity index (χ1n) is 8.65. The van der Waals surface area contributed by atoms with Crippen LogP contribution in [0.1, 0.15) is 23.7 Å². The van der Waals surface area contributed by atoms with Crippen molar-refractivity contribution >= 4 is 29.2 Å². The first-order chi connectivity index (χ1) is 12.9. The molecule has 0 atom stereocenters. The van der Waals surface area contributed by atoms with Crippen molar-refractivity contribution in [3.05, 3.63) is 47.0 Å². The van der Waals surface area contributed by atoms with Gasteiger partial charge in [0.15, 0.2) is 5.82 Å². The first-order valence-corrected chi connectivity index (χ1v) is 8.65. The third-order valence-electron chi connectivity index (χ3n) is 4.69. The highest BCUT2D eigenvalue weighted by Gasteiger charge is 2.25. The fourth-order valence-electron chi connectivity index (χ4n) is 3.24. The molecule has 0 aliphatic carbocycles. The number of allylic oxidation sites excluding steroid dienone is 1. The number of hydrogen-bond acceptors (Lipinski definition) is 5. The molecular formula is C19H23FN6O. The summed E-state index contributed by atoms with van der Waals surface area (Å²) >= 11 is 0. The molecule has 1 aliphatic rings. The zero-order chi connectivity index (χ0) is 19.6. The van der Waals surface area contributed by atoms with E-state index in [1.54, 1.807) is 41.9 Å². The second kappa shape index (κ2) is 7.61. The van der Waals surface area contributed by atoms with Gasteiger partial charge in [-0.3, -0.25) is 14.5 Å². The number of fused-ring (bicyclic) bond motifs is 1. The molecule has 142 valence electrons. The van der Waals surface area contributed by atoms with Crippen LogP contribution >= 0.6 is 0 Å². The van der Waals surface area contributed by atoms with Gasteiger partial charge in [-0.25, -0.2) is 4.39 Å². The Bertz CT molecular complexity index is 931. The monoisotopic (exact) mass is 370 g/mol. The van der Waals surface area contributed by atoms with Gasteiger partial charge in [-0.2, -0.15) is 5.10 Å². The fraction of sp³-hybridized carbons (Fsp3) is 0.316. The van der Waals surface area contributed by atoms with Gasteiger partial charge in [0.1, 0.15) is 5.82 Å². The molecule has 3 N–H and O–H groups in total. The summed E-state index contributed by atoms with van der Waals surface area (Å²) in [6.07, 6.45) is 3.76. The molecule has 1 amide bonds. The number of nitrogens with two attached hydrogens (primary N) is 1. The molecule has 2 aromatic rings. The van der Waals surface area contributed by atoms with Gasteiger partial charge in [-0.15, -0.1) is 0 Å². The quantitative estimate of drug-likeness (QED) is 0.808. The number of amides is 1. The number of carbonyl (C=O) groups is 1. The van der Waals surface area contributed by atoms with Crippen LogP contribution in [0.15, 0.2) is 29.4 Å². The number of rotatable bonds is 4. The summed E-state index contributed by atoms with van der Waals surface area (Å²) in [5.74, 6) is 0.166. The van der Waals surface area contributed by atoms with Gasteiger partial charge in [0.2, 0.25) is 5.91 Å². The summed E-state index contributed by atoms with van der Waals surface area (Å²) < 4.78 is 16.2. The SMILES string of the molecule is CN=CC(=CN)c1ccc(F)c(Nc2nn(C)c3c2CN(C(C)=O)CC3)c1. The van der Waals surface area contributed by atoms with E-state index in [0.717, 1.165) is 23.2 Å². The molecule has 7 nitrogen and oxygen atoms in total. The zero-order valence-corrected chi connectivity index (χ0v) is 15.7. The van der Waals surface area contributed by atoms with Gasteiger partial charge in [0.25, 0.3) is 0 Å². The molecule has 0 unspecified atom stereocenters. The zero-order valence-electron chi connectivity index (χ0n) is 15.7. The lowest BCUT2D eigenvalue weighted by molar-refractivity contribution is -0.129. The maximum Gasteiger partial charge on any atom is 0.219 e. The predicted octanol–water partition coefficient (Wildman–Crippen LogP) is 2.21. The number of carbonyl (C=O) groups excluding carboxylic acids is 1. The van der Waals surface area contributed by atoms with Crippen molar-refractivity contribution in [2.24, 2.45) is 17.8 Å². The van der Waals surface area contributed by atoms with Crippen LogP contribution in [0.2, 0.25) is 0 Å². The van der Waals surface area contributed by atoms with Crippen LogP contribution in [0, 0.1) is 5.82 Å². The molecule has 1 aromatic carbocycles. The number of nitrogens with zero attached hydrogens (tertiary/aromatic N) is 4. The summed E-state index contributed by atoms with van der Waals surface area (Å²) in [7, 11) is 3.50. The number of benzene rings is 1. The van der Waals surface area contributed by atoms with E-state index in [2.05, 4.69) is 15.4 Å². The molecule has 3 rings (SSSR count). The van der Waals surface area contributed by atoms with E-state index < -0.39 is 5.82 Å². The molecule has 1 aliphatic heterocycles. The molecule has 0 bridgehead atoms. The number of halogens is 1. The molecule has 1 aromatic heterocycles. The smallest absolute Gasteiger partial charge is 0.219 e. The molecular weight excluding hydrogens is 347 g/mol. The Hall–Kier alpha value is -3.16. The Labute approximate surface area is 157 Å². The predicted molar refractivity (Wildman–Crippen MR) is 104 cm³/mol. The molecule has 2 heterocycles. The van der Waals surface area contributed by atoms with Gasteiger partial charge in [0, 0.05) is 63.2 Å². The van der Waals surface area contributed by atoms with E-state index >= 15 is 0 Å². The van der Waals surface area contributed by atoms with Crippen LogP contribution < -0.4 is 11.1 Å². The highest BCUT2D eigenvalue weighted by atomic mass is 19.1. The van der Waals surface area contributed by atoms with Crippen molar-refractivity contribution in [1.29, 1.82) is 0 Å². The first kappa shape index (κ1) is 18.6. The van der Waals surface area contributed by atoms with E-state index in [1.165, 1.54) is 12.3 Å². The summed E-state index contributed by atoms with van der Waals surface area (Å²) in [4.78, 5) is 17.5. The summed E-state index contributed by atoms with van der Waals surface area (Å²) in [6.45, 7) is 2.67. The van der Waals surface area contributed by atoms with Crippen LogP contribution in [0.5, 0.6) is 0 Å². The third-order valence-corrected chi connectivity index (χ3v) is 4.69. The Morgan fingerprint density at radius 1 is 1.44 bits per heavy atom. The van der Waals surface area contributed by atoms with Crippen molar-refractivity contribution in [2.75, 3.05) is 18.9 Å². The van der Waals surface area contributed by atoms with E-state index in [0.29, 0.717) is 24.5 Å². The highest BCUT2D eigenvalue weighted by molar-refractivity contribution is 6.09. The minimum absolute atomic E-state index is 0.0141. The minimum Gasteiger partial charge on any atom is -0.404 e. The van der Waals surface area contributed by atoms with E-state index in [4.69, 9.17) is 5.73 Å². The lowest BCUT2D eigenvalue weighted by Gasteiger charge is -2.26. The Morgan fingerprint density at radius 3 is 2.89 bits per heavy atom. The van der Waals surface area contributed by atoms with Crippen LogP contribution in [0.4, 0.5) is 15.9 Å². The maximum atomic E-state index is 14.4. The number of aromatic nitrogens is 2. The molecule has 0 radical (unpaired) electrons. The van der Waals surface area contributed by atoms with E-state index in [-0.39, 0.29) is 11.6 Å². The van der Waals surface area contributed by atoms with Crippen molar-refractivity contribution in [3.63, 3.8) is 0 Å². The number of hydrogen-bond donors (Lipinski definition) is 2. The molecule has 27 heavy (non-hydrogen) atoms. The van der Waals surface area contributed by atoms with Crippen molar-refractivity contribution in [3.8, 4) is 0 Å². The summed E-state index contributed by atoms with van der Waals surface area (Å²) in [5.41, 5.74) is 9.32. The van der Waals surface area contributed by atoms with E-state index in [1.807, 2.05) is 7.05 Å². The number of nitrogens with one attached hydrogen (secondary N) is 1. The molecule has 0 saturated carbocycles. The molecule has 0 fully saturated rings. The number of aryl methyl sites for hydroxylation is 1. The topological polar surface area (TPSA) is 88.5 Å². The molecule has 0 spiro atoms. The van der Waals surface area contributed by atoms with Gasteiger partial charge in [-0.1, -0.05) is 6.07 Å². The third kappa shape index (κ3) is 3.69. The Kier molecular flexibility index (Phi) is 5.25. The Balaban J connectivity index is 1.96. The van der Waals surface area contributed by atoms with Crippen molar-refractivity contribution < 1.29 is 9.18 Å². The van der Waals surface area contributed by atoms with Gasteiger partial charge < -0.3 is 16.0 Å². The number of aliphatic imine (C=N–C) groups is 1. The van der Waals surface area contributed by atoms with Crippen LogP contribution in [-0.4, -0.2) is 40.4 Å². The fourth-order valence-corrected chi connectivity index (χ4v) is 3.24. The normalized spacial score (nSPS) is 14.5. The Morgan fingerprint density at radius 2 is 2.22 bits per heavy atom. The van der Waals surface area contributed by atoms with Crippen LogP contribution in [0.3, 0.4) is 0 Å². The molecule has 8 heteroatoms. The van der Waals surface area contributed by atoms with Crippen molar-refractivity contribution in [1.82, 2.24) is 14.7 Å². The van der Waals surface area contributed by atoms with Crippen molar-refractivity contribution in [2.45, 2.75) is 19.9 Å². The average molecular weight is 370 g/mol. The lowest BCUT2D eigenvalue weighted by atomic mass is 10.1. The molecule has 0 saturated heterocycles. The largest absolute Gasteiger partial charge is 0.404 e. The number of anilines is 2. The van der Waals surface area contributed by atoms with Crippen LogP contribution in [0.25, 0.3) is 5.57 Å². The second-order valence-electron chi connectivity index (χ2n) is 6.42. The van der Waals surface area contributed by atoms with E-state index in [9.17, 15) is 9.18 Å². The van der Waals surface area contributed by atoms with Crippen LogP contribution in [-0.2, 0) is 24.8 Å². The lowest BCUT2D eigenvalue weighted by Crippen LogP contribution is -2.34. The average Bonchev–Trinajstić information content (AvgIpc) is 2.96. The minimum atomic E-state index is -0.401. The van der Waals surface area contributed by atoms with Gasteiger partial charge in [0.05, 0.1) is 12.2 Å². The highest BCUT2D eigenvalue weighted by Crippen LogP contribution is 2.30. The summed E-state index contributed by atoms with van der Waals surface area (Å²) in [5, 5.41) is 7.57. The van der Waals surface area contributed by atoms with Gasteiger partial charge in [-0.05, 0) is 17.7 Å². The summed E-state index contributed by atoms with van der Waals surface area (Å²) in [6, 6.07) is 4.69. The standard InChI is InChI=1S/C19H23FN6O/c1-12(27)26-7-6-18-15(11-26)19(24-25(18)3)23-17-8-13(4-5-16(17)20)14(9-21)10-22-2/h4-5,8-10H,6-7,11,21H2,1-3H3,(H,23,24).